The van der Waals surface area contributed by atoms with E-state index in [1.54, 1.807) is 35.1 Å². The molecule has 1 heterocycles. The van der Waals surface area contributed by atoms with E-state index in [9.17, 15) is 13.6 Å². The number of benzene rings is 2. The molecule has 0 bridgehead atoms. The SMILES string of the molecule is COC(=O)c1ccc2c(cnn2Cc2cc(OC(F)F)ccc2OCC(C)C)c1. The Bertz CT molecular complexity index is 1000. The average Bonchev–Trinajstić information content (AvgIpc) is 3.08. The minimum atomic E-state index is -2.91. The molecule has 0 radical (unpaired) electrons. The lowest BCUT2D eigenvalue weighted by Crippen LogP contribution is -2.10. The number of hydrogen-bond acceptors (Lipinski definition) is 5. The largest absolute Gasteiger partial charge is 0.493 e. The predicted octanol–water partition coefficient (Wildman–Crippen LogP) is 4.51. The summed E-state index contributed by atoms with van der Waals surface area (Å²) in [6.45, 7) is 1.91. The van der Waals surface area contributed by atoms with Crippen molar-refractivity contribution in [2.24, 2.45) is 5.92 Å². The summed E-state index contributed by atoms with van der Waals surface area (Å²) in [5.41, 5.74) is 1.87. The lowest BCUT2D eigenvalue weighted by Gasteiger charge is -2.15. The highest BCUT2D eigenvalue weighted by molar-refractivity contribution is 5.94. The molecular weight excluding hydrogens is 382 g/mol. The number of ether oxygens (including phenoxy) is 3. The number of halogens is 2. The fourth-order valence-corrected chi connectivity index (χ4v) is 2.87. The molecule has 0 spiro atoms. The van der Waals surface area contributed by atoms with Gasteiger partial charge in [0.2, 0.25) is 0 Å². The van der Waals surface area contributed by atoms with Crippen LogP contribution < -0.4 is 9.47 Å². The molecule has 29 heavy (non-hydrogen) atoms. The number of carbonyl (C=O) groups excluding carboxylic acids is 1. The maximum atomic E-state index is 12.6. The van der Waals surface area contributed by atoms with Crippen molar-refractivity contribution in [2.75, 3.05) is 13.7 Å². The third kappa shape index (κ3) is 5.01. The maximum absolute atomic E-state index is 12.6. The number of rotatable bonds is 8. The summed E-state index contributed by atoms with van der Waals surface area (Å²) in [7, 11) is 1.32. The molecule has 0 amide bonds. The van der Waals surface area contributed by atoms with E-state index in [0.29, 0.717) is 29.4 Å². The zero-order valence-corrected chi connectivity index (χ0v) is 16.4. The van der Waals surface area contributed by atoms with Gasteiger partial charge >= 0.3 is 12.6 Å². The van der Waals surface area contributed by atoms with Crippen LogP contribution in [0.1, 0.15) is 29.8 Å². The molecule has 154 valence electrons. The molecular formula is C21H22F2N2O4. The Kier molecular flexibility index (Phi) is 6.31. The van der Waals surface area contributed by atoms with Crippen molar-refractivity contribution in [3.8, 4) is 11.5 Å². The molecule has 0 saturated heterocycles. The molecule has 0 aliphatic heterocycles. The van der Waals surface area contributed by atoms with Gasteiger partial charge in [0.05, 0.1) is 37.5 Å². The van der Waals surface area contributed by atoms with Crippen LogP contribution in [0.25, 0.3) is 10.9 Å². The number of methoxy groups -OCH3 is 1. The highest BCUT2D eigenvalue weighted by Crippen LogP contribution is 2.28. The first-order valence-corrected chi connectivity index (χ1v) is 9.11. The van der Waals surface area contributed by atoms with Crippen LogP contribution in [0.4, 0.5) is 8.78 Å². The third-order valence-corrected chi connectivity index (χ3v) is 4.21. The van der Waals surface area contributed by atoms with Gasteiger partial charge in [-0.3, -0.25) is 4.68 Å². The molecule has 0 N–H and O–H groups in total. The second-order valence-electron chi connectivity index (χ2n) is 6.92. The first-order chi connectivity index (χ1) is 13.9. The quantitative estimate of drug-likeness (QED) is 0.517. The molecule has 0 fully saturated rings. The fourth-order valence-electron chi connectivity index (χ4n) is 2.87. The number of nitrogens with zero attached hydrogens (tertiary/aromatic N) is 2. The van der Waals surface area contributed by atoms with Crippen molar-refractivity contribution in [3.63, 3.8) is 0 Å². The monoisotopic (exact) mass is 404 g/mol. The second kappa shape index (κ2) is 8.89. The van der Waals surface area contributed by atoms with Crippen LogP contribution in [0, 0.1) is 5.92 Å². The van der Waals surface area contributed by atoms with Crippen LogP contribution in [0.5, 0.6) is 11.5 Å². The highest BCUT2D eigenvalue weighted by atomic mass is 19.3. The minimum Gasteiger partial charge on any atom is -0.493 e. The molecule has 0 aliphatic rings. The predicted molar refractivity (Wildman–Crippen MR) is 104 cm³/mol. The van der Waals surface area contributed by atoms with Crippen LogP contribution >= 0.6 is 0 Å². The molecule has 0 saturated carbocycles. The van der Waals surface area contributed by atoms with Gasteiger partial charge in [-0.2, -0.15) is 13.9 Å². The van der Waals surface area contributed by atoms with Crippen molar-refractivity contribution < 1.29 is 27.8 Å². The van der Waals surface area contributed by atoms with E-state index < -0.39 is 12.6 Å². The summed E-state index contributed by atoms with van der Waals surface area (Å²) in [6, 6.07) is 9.71. The lowest BCUT2D eigenvalue weighted by atomic mass is 10.1. The van der Waals surface area contributed by atoms with Gasteiger partial charge in [0, 0.05) is 10.9 Å². The normalized spacial score (nSPS) is 11.3. The van der Waals surface area contributed by atoms with E-state index in [-0.39, 0.29) is 12.3 Å². The molecule has 3 rings (SSSR count). The van der Waals surface area contributed by atoms with Crippen LogP contribution in [-0.2, 0) is 11.3 Å². The summed E-state index contributed by atoms with van der Waals surface area (Å²) >= 11 is 0. The van der Waals surface area contributed by atoms with Crippen LogP contribution in [0.3, 0.4) is 0 Å². The topological polar surface area (TPSA) is 62.6 Å². The Labute approximate surface area is 167 Å². The van der Waals surface area contributed by atoms with Gasteiger partial charge in [-0.05, 0) is 42.3 Å². The minimum absolute atomic E-state index is 0.0522. The maximum Gasteiger partial charge on any atom is 0.387 e. The van der Waals surface area contributed by atoms with Gasteiger partial charge in [0.15, 0.2) is 0 Å². The van der Waals surface area contributed by atoms with Gasteiger partial charge in [0.1, 0.15) is 11.5 Å². The Morgan fingerprint density at radius 3 is 2.66 bits per heavy atom. The molecule has 0 unspecified atom stereocenters. The zero-order chi connectivity index (χ0) is 21.0. The first kappa shape index (κ1) is 20.6. The fraction of sp³-hybridized carbons (Fsp3) is 0.333. The van der Waals surface area contributed by atoms with E-state index in [2.05, 4.69) is 9.84 Å². The molecule has 2 aromatic carbocycles. The van der Waals surface area contributed by atoms with Crippen molar-refractivity contribution in [1.29, 1.82) is 0 Å². The summed E-state index contributed by atoms with van der Waals surface area (Å²) in [6.07, 6.45) is 1.63. The number of esters is 1. The van der Waals surface area contributed by atoms with Crippen molar-refractivity contribution in [3.05, 3.63) is 53.7 Å². The van der Waals surface area contributed by atoms with Crippen LogP contribution in [-0.4, -0.2) is 36.1 Å². The van der Waals surface area contributed by atoms with Gasteiger partial charge < -0.3 is 14.2 Å². The van der Waals surface area contributed by atoms with Crippen molar-refractivity contribution in [1.82, 2.24) is 9.78 Å². The Hall–Kier alpha value is -3.16. The van der Waals surface area contributed by atoms with Gasteiger partial charge in [-0.1, -0.05) is 13.8 Å². The van der Waals surface area contributed by atoms with E-state index >= 15 is 0 Å². The smallest absolute Gasteiger partial charge is 0.387 e. The van der Waals surface area contributed by atoms with E-state index in [4.69, 9.17) is 9.47 Å². The summed E-state index contributed by atoms with van der Waals surface area (Å²) < 4.78 is 42.0. The number of aromatic nitrogens is 2. The molecule has 0 aliphatic carbocycles. The Balaban J connectivity index is 1.93. The number of fused-ring (bicyclic) bond motifs is 1. The van der Waals surface area contributed by atoms with E-state index in [0.717, 1.165) is 10.9 Å². The van der Waals surface area contributed by atoms with Gasteiger partial charge in [0.25, 0.3) is 0 Å². The molecule has 0 atom stereocenters. The van der Waals surface area contributed by atoms with E-state index in [1.807, 2.05) is 13.8 Å². The summed E-state index contributed by atoms with van der Waals surface area (Å²) in [5, 5.41) is 5.13. The standard InChI is InChI=1S/C21H22F2N2O4/c1-13(2)12-28-19-7-5-17(29-21(22)23)9-16(19)11-25-18-6-4-14(20(26)27-3)8-15(18)10-24-25/h4-10,13,21H,11-12H2,1-3H3. The lowest BCUT2D eigenvalue weighted by molar-refractivity contribution is -0.0499. The molecule has 8 heteroatoms. The summed E-state index contributed by atoms with van der Waals surface area (Å²) in [4.78, 5) is 11.7. The zero-order valence-electron chi connectivity index (χ0n) is 16.4. The number of alkyl halides is 2. The van der Waals surface area contributed by atoms with Gasteiger partial charge in [-0.15, -0.1) is 0 Å². The molecule has 3 aromatic rings. The average molecular weight is 404 g/mol. The Morgan fingerprint density at radius 2 is 1.97 bits per heavy atom. The van der Waals surface area contributed by atoms with Crippen molar-refractivity contribution in [2.45, 2.75) is 27.0 Å². The Morgan fingerprint density at radius 1 is 1.17 bits per heavy atom. The first-order valence-electron chi connectivity index (χ1n) is 9.11. The molecule has 1 aromatic heterocycles. The number of hydrogen-bond donors (Lipinski definition) is 0. The van der Waals surface area contributed by atoms with Gasteiger partial charge in [-0.25, -0.2) is 4.79 Å². The van der Waals surface area contributed by atoms with Crippen molar-refractivity contribution >= 4 is 16.9 Å². The molecule has 6 nitrogen and oxygen atoms in total. The summed E-state index contributed by atoms with van der Waals surface area (Å²) in [5.74, 6) is 0.509. The second-order valence-corrected chi connectivity index (χ2v) is 6.92. The third-order valence-electron chi connectivity index (χ3n) is 4.21. The van der Waals surface area contributed by atoms with E-state index in [1.165, 1.54) is 19.2 Å². The van der Waals surface area contributed by atoms with Crippen LogP contribution in [0.2, 0.25) is 0 Å². The number of carbonyl (C=O) groups is 1. The van der Waals surface area contributed by atoms with Crippen LogP contribution in [0.15, 0.2) is 42.6 Å². The highest BCUT2D eigenvalue weighted by Gasteiger charge is 2.14.